The number of ether oxygens (including phenoxy) is 2. The molecule has 2 N–H and O–H groups in total. The molecule has 6 heteroatoms. The lowest BCUT2D eigenvalue weighted by Gasteiger charge is -2.10. The molecule has 0 heterocycles. The van der Waals surface area contributed by atoms with Crippen molar-refractivity contribution in [2.45, 2.75) is 6.42 Å². The first-order chi connectivity index (χ1) is 13.2. The number of amides is 2. The minimum Gasteiger partial charge on any atom is -0.497 e. The molecule has 0 fully saturated rings. The highest BCUT2D eigenvalue weighted by molar-refractivity contribution is 6.07. The van der Waals surface area contributed by atoms with Gasteiger partial charge in [-0.15, -0.1) is 0 Å². The number of fused-ring (bicyclic) bond motifs is 1. The van der Waals surface area contributed by atoms with Gasteiger partial charge in [-0.1, -0.05) is 48.5 Å². The summed E-state index contributed by atoms with van der Waals surface area (Å²) in [7, 11) is 1.60. The van der Waals surface area contributed by atoms with Crippen molar-refractivity contribution >= 4 is 22.8 Å². The van der Waals surface area contributed by atoms with E-state index in [1.165, 1.54) is 0 Å². The molecule has 2 amide bonds. The fourth-order valence-electron chi connectivity index (χ4n) is 2.72. The molecular formula is C21H20N2O4. The van der Waals surface area contributed by atoms with E-state index in [2.05, 4.69) is 10.9 Å². The second-order valence-corrected chi connectivity index (χ2v) is 5.84. The fraction of sp³-hybridized carbons (Fsp3) is 0.143. The van der Waals surface area contributed by atoms with Gasteiger partial charge in [0, 0.05) is 12.0 Å². The van der Waals surface area contributed by atoms with Crippen LogP contribution in [0.25, 0.3) is 10.8 Å². The second kappa shape index (κ2) is 8.71. The van der Waals surface area contributed by atoms with Crippen LogP contribution in [0.5, 0.6) is 5.75 Å². The monoisotopic (exact) mass is 364 g/mol. The quantitative estimate of drug-likeness (QED) is 0.680. The van der Waals surface area contributed by atoms with Gasteiger partial charge >= 0.3 is 6.09 Å². The molecule has 0 aliphatic carbocycles. The van der Waals surface area contributed by atoms with Crippen molar-refractivity contribution < 1.29 is 19.1 Å². The largest absolute Gasteiger partial charge is 0.497 e. The Kier molecular flexibility index (Phi) is 5.89. The van der Waals surface area contributed by atoms with Crippen LogP contribution in [0.2, 0.25) is 0 Å². The molecule has 3 aromatic rings. The van der Waals surface area contributed by atoms with E-state index in [4.69, 9.17) is 9.47 Å². The van der Waals surface area contributed by atoms with Crippen LogP contribution in [-0.2, 0) is 11.2 Å². The summed E-state index contributed by atoms with van der Waals surface area (Å²) in [4.78, 5) is 24.1. The van der Waals surface area contributed by atoms with E-state index in [0.717, 1.165) is 22.1 Å². The topological polar surface area (TPSA) is 76.7 Å². The SMILES string of the molecule is COc1cccc(CCOC(=O)NNC(=O)c2cccc3ccccc23)c1. The molecule has 0 atom stereocenters. The normalized spacial score (nSPS) is 10.3. The van der Waals surface area contributed by atoms with E-state index in [1.807, 2.05) is 54.6 Å². The van der Waals surface area contributed by atoms with Gasteiger partial charge in [0.2, 0.25) is 0 Å². The van der Waals surface area contributed by atoms with E-state index >= 15 is 0 Å². The number of hydrogen-bond donors (Lipinski definition) is 2. The average molecular weight is 364 g/mol. The van der Waals surface area contributed by atoms with Crippen molar-refractivity contribution in [2.24, 2.45) is 0 Å². The first kappa shape index (κ1) is 18.3. The molecule has 138 valence electrons. The smallest absolute Gasteiger partial charge is 0.426 e. The van der Waals surface area contributed by atoms with Crippen molar-refractivity contribution in [1.29, 1.82) is 0 Å². The summed E-state index contributed by atoms with van der Waals surface area (Å²) in [6.45, 7) is 0.184. The van der Waals surface area contributed by atoms with Gasteiger partial charge in [0.05, 0.1) is 13.7 Å². The fourth-order valence-corrected chi connectivity index (χ4v) is 2.72. The molecule has 0 aromatic heterocycles. The maximum atomic E-state index is 12.3. The van der Waals surface area contributed by atoms with E-state index in [9.17, 15) is 9.59 Å². The van der Waals surface area contributed by atoms with Gasteiger partial charge in [-0.2, -0.15) is 0 Å². The number of methoxy groups -OCH3 is 1. The lowest BCUT2D eigenvalue weighted by molar-refractivity contribution is 0.0912. The Morgan fingerprint density at radius 2 is 1.70 bits per heavy atom. The molecule has 0 radical (unpaired) electrons. The molecule has 0 aliphatic heterocycles. The molecular weight excluding hydrogens is 344 g/mol. The summed E-state index contributed by atoms with van der Waals surface area (Å²) in [5, 5.41) is 1.76. The highest BCUT2D eigenvalue weighted by Crippen LogP contribution is 2.18. The van der Waals surface area contributed by atoms with Gasteiger partial charge in [0.1, 0.15) is 5.75 Å². The molecule has 3 aromatic carbocycles. The number of carbonyl (C=O) groups excluding carboxylic acids is 2. The number of benzene rings is 3. The molecule has 0 aliphatic rings. The van der Waals surface area contributed by atoms with Crippen molar-refractivity contribution in [3.63, 3.8) is 0 Å². The maximum absolute atomic E-state index is 12.3. The Hall–Kier alpha value is -3.54. The van der Waals surface area contributed by atoms with Gasteiger partial charge in [-0.3, -0.25) is 10.2 Å². The number of hydrogen-bond acceptors (Lipinski definition) is 4. The lowest BCUT2D eigenvalue weighted by Crippen LogP contribution is -2.42. The third-order valence-corrected chi connectivity index (χ3v) is 4.07. The predicted octanol–water partition coefficient (Wildman–Crippen LogP) is 3.46. The zero-order valence-electron chi connectivity index (χ0n) is 14.9. The first-order valence-electron chi connectivity index (χ1n) is 8.51. The Morgan fingerprint density at radius 3 is 2.56 bits per heavy atom. The van der Waals surface area contributed by atoms with Crippen LogP contribution in [0.4, 0.5) is 4.79 Å². The summed E-state index contributed by atoms with van der Waals surface area (Å²) >= 11 is 0. The van der Waals surface area contributed by atoms with Gasteiger partial charge in [-0.25, -0.2) is 10.2 Å². The Bertz CT molecular complexity index is 950. The summed E-state index contributed by atoms with van der Waals surface area (Å²) < 4.78 is 10.2. The van der Waals surface area contributed by atoms with E-state index in [-0.39, 0.29) is 6.61 Å². The summed E-state index contributed by atoms with van der Waals surface area (Å²) in [6.07, 6.45) is -0.173. The second-order valence-electron chi connectivity index (χ2n) is 5.84. The Balaban J connectivity index is 1.49. The minimum atomic E-state index is -0.716. The van der Waals surface area contributed by atoms with Gasteiger partial charge in [-0.05, 0) is 34.5 Å². The molecule has 0 saturated carbocycles. The number of nitrogens with one attached hydrogen (secondary N) is 2. The Labute approximate surface area is 157 Å². The number of rotatable bonds is 5. The molecule has 0 unspecified atom stereocenters. The van der Waals surface area contributed by atoms with Crippen LogP contribution in [-0.4, -0.2) is 25.7 Å². The van der Waals surface area contributed by atoms with Crippen molar-refractivity contribution in [3.8, 4) is 5.75 Å². The molecule has 6 nitrogen and oxygen atoms in total. The predicted molar refractivity (Wildman–Crippen MR) is 103 cm³/mol. The van der Waals surface area contributed by atoms with Gasteiger partial charge in [0.15, 0.2) is 0 Å². The zero-order chi connectivity index (χ0) is 19.1. The Morgan fingerprint density at radius 1 is 0.926 bits per heavy atom. The number of hydrazine groups is 1. The van der Waals surface area contributed by atoms with Crippen LogP contribution in [0.15, 0.2) is 66.7 Å². The number of carbonyl (C=O) groups is 2. The van der Waals surface area contributed by atoms with E-state index < -0.39 is 12.0 Å². The van der Waals surface area contributed by atoms with Crippen molar-refractivity contribution in [1.82, 2.24) is 10.9 Å². The van der Waals surface area contributed by atoms with Crippen LogP contribution in [0, 0.1) is 0 Å². The van der Waals surface area contributed by atoms with E-state index in [1.54, 1.807) is 19.2 Å². The van der Waals surface area contributed by atoms with Crippen LogP contribution < -0.4 is 15.6 Å². The third kappa shape index (κ3) is 4.76. The molecule has 0 bridgehead atoms. The van der Waals surface area contributed by atoms with Gasteiger partial charge < -0.3 is 9.47 Å². The molecule has 0 saturated heterocycles. The van der Waals surface area contributed by atoms with Crippen LogP contribution >= 0.6 is 0 Å². The maximum Gasteiger partial charge on any atom is 0.426 e. The molecule has 3 rings (SSSR count). The minimum absolute atomic E-state index is 0.184. The van der Waals surface area contributed by atoms with Crippen LogP contribution in [0.1, 0.15) is 15.9 Å². The molecule has 27 heavy (non-hydrogen) atoms. The standard InChI is InChI=1S/C21H20N2O4/c1-26-17-9-4-6-15(14-17)12-13-27-21(25)23-22-20(24)19-11-5-8-16-7-2-3-10-18(16)19/h2-11,14H,12-13H2,1H3,(H,22,24)(H,23,25). The summed E-state index contributed by atoms with van der Waals surface area (Å²) in [6, 6.07) is 20.5. The van der Waals surface area contributed by atoms with Gasteiger partial charge in [0.25, 0.3) is 5.91 Å². The highest BCUT2D eigenvalue weighted by atomic mass is 16.6. The average Bonchev–Trinajstić information content (AvgIpc) is 2.71. The van der Waals surface area contributed by atoms with E-state index in [0.29, 0.717) is 12.0 Å². The molecule has 0 spiro atoms. The summed E-state index contributed by atoms with van der Waals surface area (Å²) in [5.41, 5.74) is 6.11. The highest BCUT2D eigenvalue weighted by Gasteiger charge is 2.11. The lowest BCUT2D eigenvalue weighted by atomic mass is 10.0. The van der Waals surface area contributed by atoms with Crippen LogP contribution in [0.3, 0.4) is 0 Å². The summed E-state index contributed by atoms with van der Waals surface area (Å²) in [5.74, 6) is 0.343. The first-order valence-corrected chi connectivity index (χ1v) is 8.51. The zero-order valence-corrected chi connectivity index (χ0v) is 14.9. The van der Waals surface area contributed by atoms with Crippen molar-refractivity contribution in [2.75, 3.05) is 13.7 Å². The third-order valence-electron chi connectivity index (χ3n) is 4.07. The van der Waals surface area contributed by atoms with Crippen molar-refractivity contribution in [3.05, 3.63) is 77.9 Å².